The Morgan fingerprint density at radius 2 is 1.91 bits per heavy atom. The van der Waals surface area contributed by atoms with E-state index in [1.54, 1.807) is 0 Å². The maximum atomic E-state index is 4.33. The van der Waals surface area contributed by atoms with Gasteiger partial charge in [0, 0.05) is 11.9 Å². The van der Waals surface area contributed by atoms with Crippen LogP contribution in [0.15, 0.2) is 16.8 Å². The van der Waals surface area contributed by atoms with Crippen LogP contribution in [0.3, 0.4) is 0 Å². The molecule has 62 valence electrons. The molecule has 0 aromatic rings. The van der Waals surface area contributed by atoms with Crippen molar-refractivity contribution in [3.05, 3.63) is 11.8 Å². The highest BCUT2D eigenvalue weighted by molar-refractivity contribution is 5.83. The van der Waals surface area contributed by atoms with Crippen molar-refractivity contribution in [2.45, 2.75) is 40.5 Å². The predicted molar refractivity (Wildman–Crippen MR) is 49.9 cm³/mol. The molecule has 1 nitrogen and oxygen atoms in total. The topological polar surface area (TPSA) is 12.4 Å². The Hall–Kier alpha value is -0.590. The Balaban J connectivity index is 2.77. The second-order valence-electron chi connectivity index (χ2n) is 4.27. The van der Waals surface area contributed by atoms with Crippen LogP contribution in [0, 0.1) is 5.41 Å². The normalized spacial score (nSPS) is 19.3. The molecule has 0 spiro atoms. The van der Waals surface area contributed by atoms with Crippen molar-refractivity contribution in [2.24, 2.45) is 10.4 Å². The second-order valence-corrected chi connectivity index (χ2v) is 4.27. The van der Waals surface area contributed by atoms with Crippen molar-refractivity contribution in [3.63, 3.8) is 0 Å². The summed E-state index contributed by atoms with van der Waals surface area (Å²) >= 11 is 0. The molecule has 0 N–H and O–H groups in total. The van der Waals surface area contributed by atoms with Crippen molar-refractivity contribution in [1.82, 2.24) is 0 Å². The first-order chi connectivity index (χ1) is 5.00. The van der Waals surface area contributed by atoms with E-state index in [2.05, 4.69) is 32.7 Å². The summed E-state index contributed by atoms with van der Waals surface area (Å²) in [7, 11) is 0. The predicted octanol–water partition coefficient (Wildman–Crippen LogP) is 3.17. The Labute approximate surface area is 69.2 Å². The first-order valence-electron chi connectivity index (χ1n) is 4.23. The molecule has 0 aromatic heterocycles. The van der Waals surface area contributed by atoms with Gasteiger partial charge in [-0.1, -0.05) is 20.8 Å². The average molecular weight is 151 g/mol. The van der Waals surface area contributed by atoms with Crippen molar-refractivity contribution < 1.29 is 0 Å². The molecule has 0 fully saturated rings. The summed E-state index contributed by atoms with van der Waals surface area (Å²) in [6.07, 6.45) is 4.38. The van der Waals surface area contributed by atoms with Crippen LogP contribution >= 0.6 is 0 Å². The molecule has 0 bridgehead atoms. The van der Waals surface area contributed by atoms with E-state index in [0.717, 1.165) is 6.42 Å². The van der Waals surface area contributed by atoms with Crippen LogP contribution in [0.1, 0.15) is 40.5 Å². The third-order valence-corrected chi connectivity index (χ3v) is 2.16. The molecule has 1 rings (SSSR count). The van der Waals surface area contributed by atoms with Gasteiger partial charge in [0.25, 0.3) is 0 Å². The SMILES string of the molecule is CC1=NC=C(C(C)(C)C)CC1. The van der Waals surface area contributed by atoms with Crippen LogP contribution in [0.2, 0.25) is 0 Å². The van der Waals surface area contributed by atoms with Crippen molar-refractivity contribution >= 4 is 5.71 Å². The van der Waals surface area contributed by atoms with Crippen LogP contribution in [-0.4, -0.2) is 5.71 Å². The van der Waals surface area contributed by atoms with Crippen molar-refractivity contribution in [1.29, 1.82) is 0 Å². The van der Waals surface area contributed by atoms with Gasteiger partial charge in [0.05, 0.1) is 0 Å². The Morgan fingerprint density at radius 3 is 2.27 bits per heavy atom. The molecule has 0 radical (unpaired) electrons. The largest absolute Gasteiger partial charge is 0.266 e. The monoisotopic (exact) mass is 151 g/mol. The first kappa shape index (κ1) is 8.51. The lowest BCUT2D eigenvalue weighted by Crippen LogP contribution is -2.12. The molecule has 1 heterocycles. The maximum Gasteiger partial charge on any atom is 0.0264 e. The van der Waals surface area contributed by atoms with E-state index >= 15 is 0 Å². The van der Waals surface area contributed by atoms with Gasteiger partial charge in [-0.05, 0) is 30.8 Å². The molecule has 11 heavy (non-hydrogen) atoms. The molecular formula is C10H17N. The van der Waals surface area contributed by atoms with Crippen LogP contribution in [-0.2, 0) is 0 Å². The number of rotatable bonds is 0. The first-order valence-corrected chi connectivity index (χ1v) is 4.23. The molecule has 1 heteroatoms. The van der Waals surface area contributed by atoms with E-state index in [9.17, 15) is 0 Å². The van der Waals surface area contributed by atoms with Gasteiger partial charge in [0.15, 0.2) is 0 Å². The summed E-state index contributed by atoms with van der Waals surface area (Å²) in [5, 5.41) is 0. The lowest BCUT2D eigenvalue weighted by Gasteiger charge is -2.24. The molecule has 0 saturated carbocycles. The minimum absolute atomic E-state index is 0.310. The third-order valence-electron chi connectivity index (χ3n) is 2.16. The maximum absolute atomic E-state index is 4.33. The number of hydrogen-bond donors (Lipinski definition) is 0. The van der Waals surface area contributed by atoms with Gasteiger partial charge in [0.2, 0.25) is 0 Å². The number of hydrogen-bond acceptors (Lipinski definition) is 1. The zero-order valence-electron chi connectivity index (χ0n) is 7.94. The molecule has 1 aliphatic heterocycles. The minimum atomic E-state index is 0.310. The zero-order chi connectivity index (χ0) is 8.48. The Kier molecular flexibility index (Phi) is 2.17. The zero-order valence-corrected chi connectivity index (χ0v) is 7.94. The fraction of sp³-hybridized carbons (Fsp3) is 0.700. The Bertz CT molecular complexity index is 203. The summed E-state index contributed by atoms with van der Waals surface area (Å²) in [6.45, 7) is 8.83. The van der Waals surface area contributed by atoms with E-state index in [1.165, 1.54) is 17.7 Å². The van der Waals surface area contributed by atoms with Gasteiger partial charge in [0.1, 0.15) is 0 Å². The van der Waals surface area contributed by atoms with Crippen molar-refractivity contribution in [2.75, 3.05) is 0 Å². The standard InChI is InChI=1S/C10H17N/c1-8-5-6-9(7-11-8)10(2,3)4/h7H,5-6H2,1-4H3. The van der Waals surface area contributed by atoms with Gasteiger partial charge in [-0.15, -0.1) is 0 Å². The fourth-order valence-electron chi connectivity index (χ4n) is 1.20. The Morgan fingerprint density at radius 1 is 1.27 bits per heavy atom. The number of nitrogens with zero attached hydrogens (tertiary/aromatic N) is 1. The number of aliphatic imine (C=N–C) groups is 1. The fourth-order valence-corrected chi connectivity index (χ4v) is 1.20. The molecule has 1 aliphatic rings. The van der Waals surface area contributed by atoms with Gasteiger partial charge in [-0.2, -0.15) is 0 Å². The van der Waals surface area contributed by atoms with Crippen LogP contribution < -0.4 is 0 Å². The van der Waals surface area contributed by atoms with Crippen molar-refractivity contribution in [3.8, 4) is 0 Å². The van der Waals surface area contributed by atoms with E-state index in [0.29, 0.717) is 5.41 Å². The van der Waals surface area contributed by atoms with Gasteiger partial charge < -0.3 is 0 Å². The van der Waals surface area contributed by atoms with Gasteiger partial charge >= 0.3 is 0 Å². The quantitative estimate of drug-likeness (QED) is 0.504. The van der Waals surface area contributed by atoms with E-state index in [1.807, 2.05) is 6.20 Å². The van der Waals surface area contributed by atoms with Crippen LogP contribution in [0.4, 0.5) is 0 Å². The molecule has 0 saturated heterocycles. The summed E-state index contributed by atoms with van der Waals surface area (Å²) in [5.74, 6) is 0. The van der Waals surface area contributed by atoms with Gasteiger partial charge in [-0.25, -0.2) is 0 Å². The highest BCUT2D eigenvalue weighted by Crippen LogP contribution is 2.30. The van der Waals surface area contributed by atoms with E-state index < -0.39 is 0 Å². The molecule has 0 atom stereocenters. The molecule has 0 aromatic carbocycles. The molecule has 0 amide bonds. The molecule has 0 aliphatic carbocycles. The van der Waals surface area contributed by atoms with Crippen LogP contribution in [0.25, 0.3) is 0 Å². The van der Waals surface area contributed by atoms with E-state index in [4.69, 9.17) is 0 Å². The highest BCUT2D eigenvalue weighted by atomic mass is 14.7. The van der Waals surface area contributed by atoms with E-state index in [-0.39, 0.29) is 0 Å². The van der Waals surface area contributed by atoms with Gasteiger partial charge in [-0.3, -0.25) is 4.99 Å². The summed E-state index contributed by atoms with van der Waals surface area (Å²) < 4.78 is 0. The lowest BCUT2D eigenvalue weighted by molar-refractivity contribution is 0.481. The van der Waals surface area contributed by atoms with Crippen LogP contribution in [0.5, 0.6) is 0 Å². The smallest absolute Gasteiger partial charge is 0.0264 e. The minimum Gasteiger partial charge on any atom is -0.266 e. The second kappa shape index (κ2) is 2.80. The summed E-state index contributed by atoms with van der Waals surface area (Å²) in [4.78, 5) is 4.33. The highest BCUT2D eigenvalue weighted by Gasteiger charge is 2.18. The number of allylic oxidation sites excluding steroid dienone is 1. The third kappa shape index (κ3) is 2.18. The molecular weight excluding hydrogens is 134 g/mol. The lowest BCUT2D eigenvalue weighted by atomic mass is 9.83. The average Bonchev–Trinajstić information content (AvgIpc) is 1.86. The summed E-state index contributed by atoms with van der Waals surface area (Å²) in [5.41, 5.74) is 3.05. The summed E-state index contributed by atoms with van der Waals surface area (Å²) in [6, 6.07) is 0. The molecule has 0 unspecified atom stereocenters.